The molecule has 1 unspecified atom stereocenters. The Morgan fingerprint density at radius 3 is 2.62 bits per heavy atom. The van der Waals surface area contributed by atoms with Crippen molar-refractivity contribution in [2.45, 2.75) is 45.4 Å². The van der Waals surface area contributed by atoms with Crippen LogP contribution < -0.4 is 0 Å². The maximum atomic E-state index is 8.96. The molecular weight excluding hydrogens is 260 g/mol. The quantitative estimate of drug-likeness (QED) is 0.852. The van der Waals surface area contributed by atoms with E-state index in [-0.39, 0.29) is 0 Å². The Kier molecular flexibility index (Phi) is 4.28. The normalized spacial score (nSPS) is 28.8. The molecule has 3 heteroatoms. The number of rotatable bonds is 4. The molecule has 1 aliphatic carbocycles. The van der Waals surface area contributed by atoms with Gasteiger partial charge in [0.1, 0.15) is 0 Å². The molecule has 1 heterocycles. The van der Waals surface area contributed by atoms with Crippen LogP contribution in [0.1, 0.15) is 37.8 Å². The molecule has 1 saturated heterocycles. The molecule has 0 N–H and O–H groups in total. The molecule has 2 bridgehead atoms. The standard InChI is InChI=1S/C18H24N2O/c1-13(2)20-10-16-6-7-17(11-20)18(16)21-12-15-5-3-4-14(8-15)9-19/h3-5,8,13,16-18H,6-7,10-12H2,1-2H3/t16-,17+,18?. The number of likely N-dealkylation sites (tertiary alicyclic amines) is 1. The largest absolute Gasteiger partial charge is 0.373 e. The van der Waals surface area contributed by atoms with Crippen molar-refractivity contribution in [3.63, 3.8) is 0 Å². The van der Waals surface area contributed by atoms with E-state index in [0.29, 0.717) is 36.2 Å². The number of hydrogen-bond acceptors (Lipinski definition) is 3. The molecule has 112 valence electrons. The van der Waals surface area contributed by atoms with Crippen LogP contribution in [0.3, 0.4) is 0 Å². The summed E-state index contributed by atoms with van der Waals surface area (Å²) in [6, 6.07) is 10.6. The average Bonchev–Trinajstić information content (AvgIpc) is 2.73. The van der Waals surface area contributed by atoms with E-state index in [1.54, 1.807) is 0 Å². The van der Waals surface area contributed by atoms with Crippen LogP contribution in [-0.4, -0.2) is 30.1 Å². The predicted molar refractivity (Wildman–Crippen MR) is 82.7 cm³/mol. The first kappa shape index (κ1) is 14.6. The van der Waals surface area contributed by atoms with E-state index in [4.69, 9.17) is 10.00 Å². The Morgan fingerprint density at radius 1 is 1.29 bits per heavy atom. The summed E-state index contributed by atoms with van der Waals surface area (Å²) in [5, 5.41) is 8.96. The fourth-order valence-corrected chi connectivity index (χ4v) is 3.83. The van der Waals surface area contributed by atoms with Crippen LogP contribution in [0.25, 0.3) is 0 Å². The molecule has 3 rings (SSSR count). The lowest BCUT2D eigenvalue weighted by Gasteiger charge is -2.40. The number of piperidine rings is 1. The van der Waals surface area contributed by atoms with Gasteiger partial charge in [-0.05, 0) is 56.2 Å². The van der Waals surface area contributed by atoms with Crippen molar-refractivity contribution in [3.8, 4) is 6.07 Å². The average molecular weight is 284 g/mol. The van der Waals surface area contributed by atoms with Crippen LogP contribution in [0.4, 0.5) is 0 Å². The maximum Gasteiger partial charge on any atom is 0.0991 e. The van der Waals surface area contributed by atoms with E-state index in [1.807, 2.05) is 24.3 Å². The number of hydrogen-bond donors (Lipinski definition) is 0. The van der Waals surface area contributed by atoms with Gasteiger partial charge < -0.3 is 9.64 Å². The van der Waals surface area contributed by atoms with E-state index in [9.17, 15) is 0 Å². The third-order valence-corrected chi connectivity index (χ3v) is 5.00. The highest BCUT2D eigenvalue weighted by Crippen LogP contribution is 2.39. The highest BCUT2D eigenvalue weighted by atomic mass is 16.5. The van der Waals surface area contributed by atoms with Crippen LogP contribution in [-0.2, 0) is 11.3 Å². The van der Waals surface area contributed by atoms with Gasteiger partial charge in [0.2, 0.25) is 0 Å². The summed E-state index contributed by atoms with van der Waals surface area (Å²) in [5.41, 5.74) is 1.83. The second-order valence-corrected chi connectivity index (χ2v) is 6.73. The Labute approximate surface area is 127 Å². The summed E-state index contributed by atoms with van der Waals surface area (Å²) in [6.07, 6.45) is 3.01. The molecule has 1 aliphatic heterocycles. The summed E-state index contributed by atoms with van der Waals surface area (Å²) >= 11 is 0. The Balaban J connectivity index is 1.60. The van der Waals surface area contributed by atoms with Gasteiger partial charge in [0.05, 0.1) is 24.3 Å². The van der Waals surface area contributed by atoms with E-state index < -0.39 is 0 Å². The van der Waals surface area contributed by atoms with Gasteiger partial charge in [0, 0.05) is 19.1 Å². The summed E-state index contributed by atoms with van der Waals surface area (Å²) in [6.45, 7) is 7.56. The molecular formula is C18H24N2O. The van der Waals surface area contributed by atoms with Crippen molar-refractivity contribution in [3.05, 3.63) is 35.4 Å². The number of nitriles is 1. The minimum Gasteiger partial charge on any atom is -0.373 e. The van der Waals surface area contributed by atoms with Crippen LogP contribution in [0.15, 0.2) is 24.3 Å². The van der Waals surface area contributed by atoms with Crippen LogP contribution in [0, 0.1) is 23.2 Å². The zero-order chi connectivity index (χ0) is 14.8. The van der Waals surface area contributed by atoms with Crippen molar-refractivity contribution in [1.82, 2.24) is 4.90 Å². The minimum atomic E-state index is 0.408. The lowest BCUT2D eigenvalue weighted by Crippen LogP contribution is -2.48. The zero-order valence-corrected chi connectivity index (χ0v) is 13.0. The minimum absolute atomic E-state index is 0.408. The van der Waals surface area contributed by atoms with Gasteiger partial charge in [-0.2, -0.15) is 5.26 Å². The van der Waals surface area contributed by atoms with E-state index in [1.165, 1.54) is 25.9 Å². The highest BCUT2D eigenvalue weighted by Gasteiger charge is 2.43. The van der Waals surface area contributed by atoms with Crippen LogP contribution in [0.2, 0.25) is 0 Å². The van der Waals surface area contributed by atoms with Crippen molar-refractivity contribution < 1.29 is 4.74 Å². The summed E-state index contributed by atoms with van der Waals surface area (Å²) in [5.74, 6) is 1.37. The van der Waals surface area contributed by atoms with Crippen molar-refractivity contribution in [2.24, 2.45) is 11.8 Å². The van der Waals surface area contributed by atoms with Crippen LogP contribution >= 0.6 is 0 Å². The Bertz CT molecular complexity index is 520. The number of benzene rings is 1. The third-order valence-electron chi connectivity index (χ3n) is 5.00. The Morgan fingerprint density at radius 2 is 2.00 bits per heavy atom. The van der Waals surface area contributed by atoms with E-state index >= 15 is 0 Å². The highest BCUT2D eigenvalue weighted by molar-refractivity contribution is 5.32. The van der Waals surface area contributed by atoms with Gasteiger partial charge in [-0.25, -0.2) is 0 Å². The van der Waals surface area contributed by atoms with Gasteiger partial charge in [0.15, 0.2) is 0 Å². The molecule has 3 atom stereocenters. The summed E-state index contributed by atoms with van der Waals surface area (Å²) < 4.78 is 6.25. The maximum absolute atomic E-state index is 8.96. The molecule has 0 aromatic heterocycles. The first-order valence-corrected chi connectivity index (χ1v) is 8.02. The SMILES string of the molecule is CC(C)N1C[C@H]2CC[C@@H](C1)C2OCc1cccc(C#N)c1. The molecule has 2 aliphatic rings. The zero-order valence-electron chi connectivity index (χ0n) is 13.0. The van der Waals surface area contributed by atoms with Crippen molar-refractivity contribution in [1.29, 1.82) is 5.26 Å². The van der Waals surface area contributed by atoms with Gasteiger partial charge in [0.25, 0.3) is 0 Å². The Hall–Kier alpha value is -1.37. The molecule has 1 aromatic carbocycles. The fraction of sp³-hybridized carbons (Fsp3) is 0.611. The summed E-state index contributed by atoms with van der Waals surface area (Å²) in [7, 11) is 0. The molecule has 0 spiro atoms. The third kappa shape index (κ3) is 3.12. The van der Waals surface area contributed by atoms with E-state index in [2.05, 4.69) is 24.8 Å². The molecule has 1 aromatic rings. The molecule has 1 saturated carbocycles. The smallest absolute Gasteiger partial charge is 0.0991 e. The molecule has 0 amide bonds. The number of nitrogens with zero attached hydrogens (tertiary/aromatic N) is 2. The topological polar surface area (TPSA) is 36.3 Å². The van der Waals surface area contributed by atoms with Gasteiger partial charge in [-0.1, -0.05) is 12.1 Å². The molecule has 0 radical (unpaired) electrons. The second-order valence-electron chi connectivity index (χ2n) is 6.73. The summed E-state index contributed by atoms with van der Waals surface area (Å²) in [4.78, 5) is 2.60. The van der Waals surface area contributed by atoms with Crippen molar-refractivity contribution >= 4 is 0 Å². The molecule has 2 fully saturated rings. The fourth-order valence-electron chi connectivity index (χ4n) is 3.83. The van der Waals surface area contributed by atoms with Gasteiger partial charge >= 0.3 is 0 Å². The number of ether oxygens (including phenoxy) is 1. The lowest BCUT2D eigenvalue weighted by atomic mass is 9.94. The monoisotopic (exact) mass is 284 g/mol. The molecule has 3 nitrogen and oxygen atoms in total. The van der Waals surface area contributed by atoms with Gasteiger partial charge in [-0.15, -0.1) is 0 Å². The first-order chi connectivity index (χ1) is 10.2. The lowest BCUT2D eigenvalue weighted by molar-refractivity contribution is -0.0564. The van der Waals surface area contributed by atoms with Crippen LogP contribution in [0.5, 0.6) is 0 Å². The molecule has 21 heavy (non-hydrogen) atoms. The second kappa shape index (κ2) is 6.17. The predicted octanol–water partition coefficient (Wildman–Crippen LogP) is 3.19. The number of fused-ring (bicyclic) bond motifs is 2. The van der Waals surface area contributed by atoms with E-state index in [0.717, 1.165) is 5.56 Å². The van der Waals surface area contributed by atoms with Crippen molar-refractivity contribution in [2.75, 3.05) is 13.1 Å². The van der Waals surface area contributed by atoms with Gasteiger partial charge in [-0.3, -0.25) is 0 Å². The first-order valence-electron chi connectivity index (χ1n) is 8.02.